The molecular weight excluding hydrogens is 280 g/mol. The van der Waals surface area contributed by atoms with Crippen LogP contribution in [-0.2, 0) is 21.7 Å². The maximum atomic E-state index is 9.26. The van der Waals surface area contributed by atoms with Gasteiger partial charge in [-0.1, -0.05) is 6.92 Å². The van der Waals surface area contributed by atoms with E-state index in [9.17, 15) is 5.11 Å². The summed E-state index contributed by atoms with van der Waals surface area (Å²) in [7, 11) is 0. The van der Waals surface area contributed by atoms with Crippen molar-refractivity contribution in [1.82, 2.24) is 0 Å². The fourth-order valence-electron chi connectivity index (χ4n) is 1.38. The van der Waals surface area contributed by atoms with E-state index in [1.54, 1.807) is 13.8 Å². The maximum absolute atomic E-state index is 9.26. The van der Waals surface area contributed by atoms with Crippen LogP contribution in [-0.4, -0.2) is 10.7 Å². The third-order valence-electron chi connectivity index (χ3n) is 2.24. The average molecular weight is 305 g/mol. The molecule has 0 unspecified atom stereocenters. The van der Waals surface area contributed by atoms with E-state index < -0.39 is 5.60 Å². The zero-order chi connectivity index (χ0) is 14.6. The minimum atomic E-state index is -0.576. The van der Waals surface area contributed by atoms with E-state index in [4.69, 9.17) is 0 Å². The second kappa shape index (κ2) is 14.4. The topological polar surface area (TPSA) is 20.2 Å². The molecule has 2 fully saturated rings. The van der Waals surface area contributed by atoms with Crippen LogP contribution < -0.4 is 0 Å². The van der Waals surface area contributed by atoms with Gasteiger partial charge in [0.05, 0.1) is 5.60 Å². The first-order chi connectivity index (χ1) is 8.95. The Balaban J connectivity index is 0. The summed E-state index contributed by atoms with van der Waals surface area (Å²) in [6, 6.07) is 0. The standard InChI is InChI=1S/C8H15O.2C5H5.Ti/c1-5-7(2)6-8(3,4)9;2*1-2-4-5-3-1;/h9H,6H2,1-4H3;2*1-5H;/q-1;;;. The first kappa shape index (κ1) is 22.7. The molecule has 1 N–H and O–H groups in total. The SMILES string of the molecule is C[C-]=C(C)CC(C)(C)O.[CH]1[CH][CH][CH][CH]1.[CH]1[CH][CH][CH][CH]1.[Ti]. The van der Waals surface area contributed by atoms with E-state index in [1.807, 2.05) is 78.1 Å². The van der Waals surface area contributed by atoms with Crippen LogP contribution in [0.25, 0.3) is 0 Å². The fourth-order valence-corrected chi connectivity index (χ4v) is 1.38. The molecule has 2 aliphatic rings. The first-order valence-corrected chi connectivity index (χ1v) is 6.51. The molecular formula is C18H25OTi-. The third-order valence-corrected chi connectivity index (χ3v) is 2.24. The summed E-state index contributed by atoms with van der Waals surface area (Å²) in [6.07, 6.45) is 23.7. The molecule has 2 rings (SSSR count). The van der Waals surface area contributed by atoms with Crippen LogP contribution in [0.15, 0.2) is 5.57 Å². The zero-order valence-corrected chi connectivity index (χ0v) is 14.5. The number of allylic oxidation sites excluding steroid dienone is 1. The van der Waals surface area contributed by atoms with Crippen LogP contribution >= 0.6 is 0 Å². The predicted molar refractivity (Wildman–Crippen MR) is 82.0 cm³/mol. The normalized spacial score (nSPS) is 18.4. The molecule has 0 bridgehead atoms. The summed E-state index contributed by atoms with van der Waals surface area (Å²) in [5, 5.41) is 9.26. The van der Waals surface area contributed by atoms with Gasteiger partial charge in [-0.15, -0.1) is 0 Å². The summed E-state index contributed by atoms with van der Waals surface area (Å²) in [5.74, 6) is 0. The quantitative estimate of drug-likeness (QED) is 0.605. The molecule has 10 radical (unpaired) electrons. The van der Waals surface area contributed by atoms with Crippen molar-refractivity contribution in [3.05, 3.63) is 75.9 Å². The van der Waals surface area contributed by atoms with Crippen LogP contribution in [0.3, 0.4) is 0 Å². The van der Waals surface area contributed by atoms with Crippen molar-refractivity contribution in [1.29, 1.82) is 0 Å². The van der Waals surface area contributed by atoms with Crippen molar-refractivity contribution >= 4 is 0 Å². The van der Waals surface area contributed by atoms with Crippen molar-refractivity contribution in [3.63, 3.8) is 0 Å². The van der Waals surface area contributed by atoms with Crippen molar-refractivity contribution in [2.75, 3.05) is 0 Å². The van der Waals surface area contributed by atoms with Gasteiger partial charge in [-0.05, 0) is 84.5 Å². The minimum absolute atomic E-state index is 0. The Morgan fingerprint density at radius 1 is 0.850 bits per heavy atom. The van der Waals surface area contributed by atoms with Crippen molar-refractivity contribution in [2.24, 2.45) is 0 Å². The van der Waals surface area contributed by atoms with Crippen molar-refractivity contribution in [2.45, 2.75) is 39.7 Å². The van der Waals surface area contributed by atoms with Gasteiger partial charge in [0.1, 0.15) is 0 Å². The smallest absolute Gasteiger partial charge is 0.0601 e. The fraction of sp³-hybridized carbons (Fsp3) is 0.333. The van der Waals surface area contributed by atoms with Gasteiger partial charge < -0.3 is 11.2 Å². The number of hydrogen-bond donors (Lipinski definition) is 1. The Kier molecular flexibility index (Phi) is 16.3. The molecule has 0 amide bonds. The van der Waals surface area contributed by atoms with E-state index in [0.29, 0.717) is 6.42 Å². The molecule has 1 nitrogen and oxygen atoms in total. The largest absolute Gasteiger partial charge is 0.501 e. The van der Waals surface area contributed by atoms with Crippen LogP contribution in [0, 0.1) is 70.3 Å². The Bertz CT molecular complexity index is 195. The van der Waals surface area contributed by atoms with Gasteiger partial charge in [-0.3, -0.25) is 5.57 Å². The summed E-state index contributed by atoms with van der Waals surface area (Å²) in [5.41, 5.74) is 0.537. The predicted octanol–water partition coefficient (Wildman–Crippen LogP) is 3.96. The minimum Gasteiger partial charge on any atom is -0.501 e. The third kappa shape index (κ3) is 18.4. The molecule has 2 heteroatoms. The summed E-state index contributed by atoms with van der Waals surface area (Å²) in [6.45, 7) is 7.43. The molecule has 0 aliphatic heterocycles. The van der Waals surface area contributed by atoms with E-state index in [1.165, 1.54) is 0 Å². The van der Waals surface area contributed by atoms with Crippen LogP contribution in [0.5, 0.6) is 0 Å². The van der Waals surface area contributed by atoms with E-state index in [-0.39, 0.29) is 21.7 Å². The van der Waals surface area contributed by atoms with Gasteiger partial charge >= 0.3 is 0 Å². The molecule has 2 saturated carbocycles. The molecule has 20 heavy (non-hydrogen) atoms. The summed E-state index contributed by atoms with van der Waals surface area (Å²) < 4.78 is 0. The molecule has 0 spiro atoms. The molecule has 0 aromatic heterocycles. The molecule has 108 valence electrons. The zero-order valence-electron chi connectivity index (χ0n) is 12.9. The molecule has 0 saturated heterocycles. The summed E-state index contributed by atoms with van der Waals surface area (Å²) >= 11 is 0. The number of aliphatic hydroxyl groups is 1. The van der Waals surface area contributed by atoms with Crippen LogP contribution in [0.4, 0.5) is 0 Å². The monoisotopic (exact) mass is 305 g/mol. The molecule has 2 aliphatic carbocycles. The second-order valence-electron chi connectivity index (χ2n) is 4.94. The van der Waals surface area contributed by atoms with E-state index in [2.05, 4.69) is 6.08 Å². The Morgan fingerprint density at radius 2 is 1.10 bits per heavy atom. The van der Waals surface area contributed by atoms with Gasteiger partial charge in [-0.2, -0.15) is 6.92 Å². The van der Waals surface area contributed by atoms with Crippen molar-refractivity contribution < 1.29 is 26.8 Å². The Hall–Kier alpha value is 0.414. The molecule has 0 aromatic rings. The Morgan fingerprint density at radius 3 is 1.20 bits per heavy atom. The van der Waals surface area contributed by atoms with Gasteiger partial charge in [0.2, 0.25) is 0 Å². The first-order valence-electron chi connectivity index (χ1n) is 6.51. The summed E-state index contributed by atoms with van der Waals surface area (Å²) in [4.78, 5) is 0. The van der Waals surface area contributed by atoms with Crippen molar-refractivity contribution in [3.8, 4) is 0 Å². The maximum Gasteiger partial charge on any atom is 0.0601 e. The molecule has 0 aromatic carbocycles. The Labute approximate surface area is 142 Å². The molecule has 0 heterocycles. The molecule has 0 atom stereocenters. The van der Waals surface area contributed by atoms with Crippen LogP contribution in [0.1, 0.15) is 34.1 Å². The number of hydrogen-bond acceptors (Lipinski definition) is 1. The van der Waals surface area contributed by atoms with Gasteiger partial charge in [0.15, 0.2) is 0 Å². The van der Waals surface area contributed by atoms with E-state index in [0.717, 1.165) is 5.57 Å². The van der Waals surface area contributed by atoms with Gasteiger partial charge in [-0.25, -0.2) is 0 Å². The van der Waals surface area contributed by atoms with Gasteiger partial charge in [0.25, 0.3) is 0 Å². The number of rotatable bonds is 2. The van der Waals surface area contributed by atoms with Gasteiger partial charge in [0, 0.05) is 21.7 Å². The second-order valence-corrected chi connectivity index (χ2v) is 4.94. The average Bonchev–Trinajstić information content (AvgIpc) is 3.05. The van der Waals surface area contributed by atoms with E-state index >= 15 is 0 Å². The van der Waals surface area contributed by atoms with Crippen LogP contribution in [0.2, 0.25) is 0 Å².